The van der Waals surface area contributed by atoms with Gasteiger partial charge >= 0.3 is 0 Å². The molecule has 4 rings (SSSR count). The van der Waals surface area contributed by atoms with E-state index >= 15 is 0 Å². The van der Waals surface area contributed by atoms with Gasteiger partial charge in [-0.05, 0) is 57.2 Å². The summed E-state index contributed by atoms with van der Waals surface area (Å²) in [5.74, 6) is -0.0437. The van der Waals surface area contributed by atoms with Gasteiger partial charge in [-0.2, -0.15) is 4.80 Å². The standard InChI is InChI=1S/C25H32N6O3S/c1-17-9-11-18(12-10-17)23-27-29-31(28-23)16-21(32)30(15-19-7-5-13-34-19)22(20-8-6-14-35-20)24(33)26-25(2,3)4/h6,8-12,14,19,22H,5,7,13,15-16H2,1-4H3,(H,26,33)/t19-,22+/m0/s1. The monoisotopic (exact) mass is 496 g/mol. The van der Waals surface area contributed by atoms with Crippen molar-refractivity contribution in [2.24, 2.45) is 0 Å². The molecule has 1 saturated heterocycles. The molecule has 9 nitrogen and oxygen atoms in total. The number of carbonyl (C=O) groups is 2. The van der Waals surface area contributed by atoms with E-state index in [1.54, 1.807) is 4.90 Å². The zero-order valence-corrected chi connectivity index (χ0v) is 21.4. The van der Waals surface area contributed by atoms with Crippen molar-refractivity contribution in [3.63, 3.8) is 0 Å². The van der Waals surface area contributed by atoms with E-state index in [0.29, 0.717) is 19.0 Å². The van der Waals surface area contributed by atoms with Crippen molar-refractivity contribution in [3.05, 3.63) is 52.2 Å². The van der Waals surface area contributed by atoms with E-state index in [2.05, 4.69) is 20.7 Å². The zero-order valence-electron chi connectivity index (χ0n) is 20.6. The first-order chi connectivity index (χ1) is 16.7. The van der Waals surface area contributed by atoms with Gasteiger partial charge in [-0.15, -0.1) is 21.5 Å². The van der Waals surface area contributed by atoms with Crippen LogP contribution >= 0.6 is 11.3 Å². The molecule has 3 heterocycles. The van der Waals surface area contributed by atoms with E-state index in [0.717, 1.165) is 28.8 Å². The number of thiophene rings is 1. The van der Waals surface area contributed by atoms with Gasteiger partial charge in [0.05, 0.1) is 6.10 Å². The number of carbonyl (C=O) groups excluding carboxylic acids is 2. The highest BCUT2D eigenvalue weighted by atomic mass is 32.1. The van der Waals surface area contributed by atoms with E-state index < -0.39 is 11.6 Å². The van der Waals surface area contributed by atoms with Gasteiger partial charge in [0.1, 0.15) is 12.6 Å². The van der Waals surface area contributed by atoms with Crippen LogP contribution in [0.3, 0.4) is 0 Å². The second kappa shape index (κ2) is 10.7. The lowest BCUT2D eigenvalue weighted by Gasteiger charge is -2.34. The molecule has 1 N–H and O–H groups in total. The summed E-state index contributed by atoms with van der Waals surface area (Å²) in [5.41, 5.74) is 1.52. The van der Waals surface area contributed by atoms with E-state index in [1.807, 2.05) is 69.5 Å². The summed E-state index contributed by atoms with van der Waals surface area (Å²) in [4.78, 5) is 30.8. The van der Waals surface area contributed by atoms with Crippen LogP contribution in [0, 0.1) is 6.92 Å². The third-order valence-electron chi connectivity index (χ3n) is 5.65. The fourth-order valence-corrected chi connectivity index (χ4v) is 4.84. The smallest absolute Gasteiger partial charge is 0.248 e. The lowest BCUT2D eigenvalue weighted by Crippen LogP contribution is -2.51. The van der Waals surface area contributed by atoms with E-state index in [1.165, 1.54) is 16.1 Å². The van der Waals surface area contributed by atoms with Crippen LogP contribution in [0.25, 0.3) is 11.4 Å². The maximum absolute atomic E-state index is 13.7. The number of aryl methyl sites for hydroxylation is 1. The highest BCUT2D eigenvalue weighted by Crippen LogP contribution is 2.28. The predicted molar refractivity (Wildman–Crippen MR) is 134 cm³/mol. The average molecular weight is 497 g/mol. The Morgan fingerprint density at radius 2 is 2.03 bits per heavy atom. The minimum absolute atomic E-state index is 0.115. The molecule has 10 heteroatoms. The third-order valence-corrected chi connectivity index (χ3v) is 6.58. The van der Waals surface area contributed by atoms with Crippen molar-refractivity contribution in [3.8, 4) is 11.4 Å². The zero-order chi connectivity index (χ0) is 25.0. The molecule has 35 heavy (non-hydrogen) atoms. The Bertz CT molecular complexity index is 1130. The van der Waals surface area contributed by atoms with Gasteiger partial charge in [0.15, 0.2) is 0 Å². The largest absolute Gasteiger partial charge is 0.376 e. The minimum atomic E-state index is -0.772. The number of tetrazole rings is 1. The molecule has 186 valence electrons. The number of amides is 2. The molecule has 0 radical (unpaired) electrons. The number of nitrogens with one attached hydrogen (secondary N) is 1. The predicted octanol–water partition coefficient (Wildman–Crippen LogP) is 3.37. The Morgan fingerprint density at radius 3 is 2.66 bits per heavy atom. The van der Waals surface area contributed by atoms with Gasteiger partial charge in [0.25, 0.3) is 0 Å². The molecule has 1 aliphatic rings. The van der Waals surface area contributed by atoms with Gasteiger partial charge in [0.2, 0.25) is 17.6 Å². The van der Waals surface area contributed by atoms with Crippen molar-refractivity contribution in [1.29, 1.82) is 0 Å². The summed E-state index contributed by atoms with van der Waals surface area (Å²) >= 11 is 1.45. The van der Waals surface area contributed by atoms with Crippen LogP contribution < -0.4 is 5.32 Å². The first-order valence-electron chi connectivity index (χ1n) is 11.8. The molecular weight excluding hydrogens is 464 g/mol. The van der Waals surface area contributed by atoms with Gasteiger partial charge < -0.3 is 15.0 Å². The molecule has 2 amide bonds. The lowest BCUT2D eigenvalue weighted by atomic mass is 10.1. The van der Waals surface area contributed by atoms with Crippen LogP contribution in [0.1, 0.15) is 50.1 Å². The average Bonchev–Trinajstić information content (AvgIpc) is 3.56. The normalized spacial score (nSPS) is 16.7. The lowest BCUT2D eigenvalue weighted by molar-refractivity contribution is -0.144. The summed E-state index contributed by atoms with van der Waals surface area (Å²) in [7, 11) is 0. The van der Waals surface area contributed by atoms with Crippen molar-refractivity contribution in [1.82, 2.24) is 30.4 Å². The van der Waals surface area contributed by atoms with Crippen LogP contribution in [-0.2, 0) is 20.9 Å². The van der Waals surface area contributed by atoms with Gasteiger partial charge in [0, 0.05) is 29.1 Å². The number of aromatic nitrogens is 4. The fraction of sp³-hybridized carbons (Fsp3) is 0.480. The Balaban J connectivity index is 1.60. The van der Waals surface area contributed by atoms with Gasteiger partial charge in [-0.3, -0.25) is 9.59 Å². The van der Waals surface area contributed by atoms with E-state index in [4.69, 9.17) is 4.74 Å². The maximum atomic E-state index is 13.7. The van der Waals surface area contributed by atoms with Crippen LogP contribution in [0.5, 0.6) is 0 Å². The molecule has 3 aromatic rings. The minimum Gasteiger partial charge on any atom is -0.376 e. The highest BCUT2D eigenvalue weighted by Gasteiger charge is 2.36. The molecule has 1 aliphatic heterocycles. The molecule has 1 fully saturated rings. The van der Waals surface area contributed by atoms with Crippen molar-refractivity contribution >= 4 is 23.2 Å². The SMILES string of the molecule is Cc1ccc(-c2nnn(CC(=O)N(C[C@@H]3CCCO3)[C@@H](C(=O)NC(C)(C)C)c3cccs3)n2)cc1. The van der Waals surface area contributed by atoms with Gasteiger partial charge in [-0.25, -0.2) is 0 Å². The number of hydrogen-bond donors (Lipinski definition) is 1. The molecule has 0 unspecified atom stereocenters. The summed E-state index contributed by atoms with van der Waals surface area (Å²) < 4.78 is 5.83. The quantitative estimate of drug-likeness (QED) is 0.513. The van der Waals surface area contributed by atoms with Crippen LogP contribution in [0.2, 0.25) is 0 Å². The van der Waals surface area contributed by atoms with Crippen molar-refractivity contribution in [2.75, 3.05) is 13.2 Å². The summed E-state index contributed by atoms with van der Waals surface area (Å²) in [6.45, 7) is 8.64. The van der Waals surface area contributed by atoms with Crippen molar-refractivity contribution < 1.29 is 14.3 Å². The molecule has 1 aromatic carbocycles. The second-order valence-electron chi connectivity index (χ2n) is 9.85. The number of ether oxygens (including phenoxy) is 1. The number of nitrogens with zero attached hydrogens (tertiary/aromatic N) is 5. The Morgan fingerprint density at radius 1 is 1.26 bits per heavy atom. The molecule has 0 aliphatic carbocycles. The molecule has 2 aromatic heterocycles. The Hall–Kier alpha value is -3.11. The molecule has 2 atom stereocenters. The first-order valence-corrected chi connectivity index (χ1v) is 12.7. The molecular formula is C25H32N6O3S. The number of benzene rings is 1. The van der Waals surface area contributed by atoms with Crippen LogP contribution in [0.4, 0.5) is 0 Å². The number of rotatable bonds is 8. The van der Waals surface area contributed by atoms with E-state index in [9.17, 15) is 9.59 Å². The second-order valence-corrected chi connectivity index (χ2v) is 10.8. The fourth-order valence-electron chi connectivity index (χ4n) is 4.01. The number of hydrogen-bond acceptors (Lipinski definition) is 7. The summed E-state index contributed by atoms with van der Waals surface area (Å²) in [6, 6.07) is 10.8. The third kappa shape index (κ3) is 6.52. The molecule has 0 spiro atoms. The first kappa shape index (κ1) is 25.0. The topological polar surface area (TPSA) is 102 Å². The van der Waals surface area contributed by atoms with Crippen molar-refractivity contribution in [2.45, 2.75) is 64.8 Å². The molecule has 0 saturated carbocycles. The summed E-state index contributed by atoms with van der Waals surface area (Å²) in [6.07, 6.45) is 1.67. The van der Waals surface area contributed by atoms with Crippen LogP contribution in [0.15, 0.2) is 41.8 Å². The molecule has 0 bridgehead atoms. The van der Waals surface area contributed by atoms with E-state index in [-0.39, 0.29) is 24.5 Å². The maximum Gasteiger partial charge on any atom is 0.248 e. The Labute approximate surface area is 209 Å². The summed E-state index contributed by atoms with van der Waals surface area (Å²) in [5, 5.41) is 17.6. The van der Waals surface area contributed by atoms with Crippen LogP contribution in [-0.4, -0.2) is 61.7 Å². The highest BCUT2D eigenvalue weighted by molar-refractivity contribution is 7.10. The Kier molecular flexibility index (Phi) is 7.61. The van der Waals surface area contributed by atoms with Gasteiger partial charge in [-0.1, -0.05) is 35.9 Å².